The maximum absolute atomic E-state index is 11.5. The Morgan fingerprint density at radius 1 is 1.14 bits per heavy atom. The van der Waals surface area contributed by atoms with Gasteiger partial charge in [-0.3, -0.25) is 10.1 Å². The highest BCUT2D eigenvalue weighted by atomic mass is 16.6. The van der Waals surface area contributed by atoms with Crippen LogP contribution in [0.5, 0.6) is 5.75 Å². The number of anilines is 1. The molecular weight excluding hydrogens is 352 g/mol. The molecule has 3 atom stereocenters. The number of nitrogens with one attached hydrogen (secondary N) is 1. The van der Waals surface area contributed by atoms with Crippen molar-refractivity contribution in [1.29, 1.82) is 0 Å². The fourth-order valence-electron chi connectivity index (χ4n) is 4.71. The van der Waals surface area contributed by atoms with Crippen LogP contribution in [0.4, 0.5) is 11.4 Å². The Morgan fingerprint density at radius 2 is 2.00 bits per heavy atom. The van der Waals surface area contributed by atoms with Crippen molar-refractivity contribution in [3.05, 3.63) is 88.0 Å². The van der Waals surface area contributed by atoms with Crippen LogP contribution >= 0.6 is 0 Å². The number of allylic oxidation sites excluding steroid dienone is 2. The second kappa shape index (κ2) is 6.37. The van der Waals surface area contributed by atoms with Gasteiger partial charge in [0.05, 0.1) is 18.1 Å². The fourth-order valence-corrected chi connectivity index (χ4v) is 4.71. The van der Waals surface area contributed by atoms with Gasteiger partial charge in [-0.1, -0.05) is 54.6 Å². The zero-order valence-corrected chi connectivity index (χ0v) is 15.5. The second-order valence-electron chi connectivity index (χ2n) is 7.41. The van der Waals surface area contributed by atoms with Gasteiger partial charge in [-0.2, -0.15) is 0 Å². The molecule has 3 unspecified atom stereocenters. The summed E-state index contributed by atoms with van der Waals surface area (Å²) >= 11 is 0. The van der Waals surface area contributed by atoms with Crippen LogP contribution in [0, 0.1) is 16.0 Å². The minimum absolute atomic E-state index is 0.00270. The van der Waals surface area contributed by atoms with E-state index in [-0.39, 0.29) is 22.4 Å². The van der Waals surface area contributed by atoms with E-state index < -0.39 is 0 Å². The third-order valence-corrected chi connectivity index (χ3v) is 6.02. The van der Waals surface area contributed by atoms with Crippen LogP contribution in [0.25, 0.3) is 10.8 Å². The first-order valence-electron chi connectivity index (χ1n) is 9.44. The summed E-state index contributed by atoms with van der Waals surface area (Å²) < 4.78 is 5.18. The van der Waals surface area contributed by atoms with Crippen molar-refractivity contribution in [3.63, 3.8) is 0 Å². The van der Waals surface area contributed by atoms with Gasteiger partial charge in [-0.25, -0.2) is 0 Å². The number of nitrogens with zero attached hydrogens (tertiary/aromatic N) is 1. The summed E-state index contributed by atoms with van der Waals surface area (Å²) in [5.74, 6) is 0.935. The van der Waals surface area contributed by atoms with Gasteiger partial charge in [-0.05, 0) is 34.9 Å². The Kier molecular flexibility index (Phi) is 3.83. The van der Waals surface area contributed by atoms with E-state index in [0.717, 1.165) is 17.7 Å². The standard InChI is InChI=1S/C23H20N2O3/c1-28-21-12-10-15(13-20(21)25(26)27)22-18-8-4-7-17(18)19-11-9-14-5-2-3-6-16(14)23(19)24-22/h2-7,9-13,17-18,22,24H,8H2,1H3. The number of fused-ring (bicyclic) bond motifs is 5. The molecular formula is C23H20N2O3. The molecule has 5 rings (SSSR count). The average molecular weight is 372 g/mol. The summed E-state index contributed by atoms with van der Waals surface area (Å²) in [7, 11) is 1.46. The number of benzene rings is 3. The Balaban J connectivity index is 1.66. The SMILES string of the molecule is COc1ccc(C2Nc3c(ccc4ccccc34)C3C=CCC32)cc1[N+](=O)[O-]. The van der Waals surface area contributed by atoms with Gasteiger partial charge in [-0.15, -0.1) is 0 Å². The molecule has 0 spiro atoms. The lowest BCUT2D eigenvalue weighted by Crippen LogP contribution is -2.29. The van der Waals surface area contributed by atoms with Gasteiger partial charge in [0.2, 0.25) is 0 Å². The van der Waals surface area contributed by atoms with E-state index in [2.05, 4.69) is 41.7 Å². The number of methoxy groups -OCH3 is 1. The van der Waals surface area contributed by atoms with Gasteiger partial charge >= 0.3 is 5.69 Å². The minimum atomic E-state index is -0.376. The second-order valence-corrected chi connectivity index (χ2v) is 7.41. The van der Waals surface area contributed by atoms with E-state index in [1.165, 1.54) is 23.4 Å². The maximum Gasteiger partial charge on any atom is 0.311 e. The molecule has 1 aliphatic heterocycles. The van der Waals surface area contributed by atoms with Crippen molar-refractivity contribution in [2.24, 2.45) is 5.92 Å². The molecule has 5 nitrogen and oxygen atoms in total. The van der Waals surface area contributed by atoms with Crippen LogP contribution in [0.1, 0.15) is 29.5 Å². The van der Waals surface area contributed by atoms with Crippen LogP contribution in [0.2, 0.25) is 0 Å². The van der Waals surface area contributed by atoms with Crippen molar-refractivity contribution in [1.82, 2.24) is 0 Å². The Labute approximate surface area is 162 Å². The summed E-state index contributed by atoms with van der Waals surface area (Å²) in [5, 5.41) is 17.6. The number of nitro groups is 1. The van der Waals surface area contributed by atoms with E-state index in [1.54, 1.807) is 12.1 Å². The molecule has 1 aliphatic carbocycles. The largest absolute Gasteiger partial charge is 0.490 e. The summed E-state index contributed by atoms with van der Waals surface area (Å²) in [6.45, 7) is 0. The number of ether oxygens (including phenoxy) is 1. The first-order chi connectivity index (χ1) is 13.7. The zero-order chi connectivity index (χ0) is 19.3. The van der Waals surface area contributed by atoms with Gasteiger partial charge in [0, 0.05) is 23.1 Å². The quantitative estimate of drug-likeness (QED) is 0.370. The zero-order valence-electron chi connectivity index (χ0n) is 15.5. The van der Waals surface area contributed by atoms with E-state index in [1.807, 2.05) is 18.2 Å². The average Bonchev–Trinajstić information content (AvgIpc) is 3.22. The van der Waals surface area contributed by atoms with Crippen LogP contribution in [0.3, 0.4) is 0 Å². The van der Waals surface area contributed by atoms with Crippen LogP contribution in [-0.4, -0.2) is 12.0 Å². The number of rotatable bonds is 3. The van der Waals surface area contributed by atoms with Gasteiger partial charge in [0.25, 0.3) is 0 Å². The first-order valence-corrected chi connectivity index (χ1v) is 9.44. The van der Waals surface area contributed by atoms with Crippen molar-refractivity contribution in [2.45, 2.75) is 18.4 Å². The number of nitro benzene ring substituents is 1. The predicted octanol–water partition coefficient (Wildman–Crippen LogP) is 5.58. The van der Waals surface area contributed by atoms with Crippen LogP contribution in [-0.2, 0) is 0 Å². The van der Waals surface area contributed by atoms with E-state index >= 15 is 0 Å². The molecule has 140 valence electrons. The van der Waals surface area contributed by atoms with Gasteiger partial charge in [0.1, 0.15) is 0 Å². The molecule has 3 aromatic carbocycles. The summed E-state index contributed by atoms with van der Waals surface area (Å²) in [6.07, 6.45) is 5.46. The lowest BCUT2D eigenvalue weighted by molar-refractivity contribution is -0.385. The molecule has 1 N–H and O–H groups in total. The summed E-state index contributed by atoms with van der Waals surface area (Å²) in [4.78, 5) is 11.1. The first kappa shape index (κ1) is 16.8. The van der Waals surface area contributed by atoms with Crippen LogP contribution < -0.4 is 10.1 Å². The van der Waals surface area contributed by atoms with Crippen molar-refractivity contribution in [3.8, 4) is 5.75 Å². The van der Waals surface area contributed by atoms with Crippen molar-refractivity contribution < 1.29 is 9.66 Å². The Morgan fingerprint density at radius 3 is 2.82 bits per heavy atom. The third kappa shape index (κ3) is 2.47. The molecule has 0 amide bonds. The van der Waals surface area contributed by atoms with Gasteiger partial charge < -0.3 is 10.1 Å². The van der Waals surface area contributed by atoms with Crippen LogP contribution in [0.15, 0.2) is 66.7 Å². The molecule has 0 aromatic heterocycles. The maximum atomic E-state index is 11.5. The Bertz CT molecular complexity index is 1120. The highest BCUT2D eigenvalue weighted by molar-refractivity contribution is 5.96. The fraction of sp³-hybridized carbons (Fsp3) is 0.217. The molecule has 2 aliphatic rings. The van der Waals surface area contributed by atoms with Crippen molar-refractivity contribution >= 4 is 22.1 Å². The normalized spacial score (nSPS) is 22.4. The molecule has 28 heavy (non-hydrogen) atoms. The predicted molar refractivity (Wildman–Crippen MR) is 110 cm³/mol. The molecule has 0 saturated heterocycles. The highest BCUT2D eigenvalue weighted by Crippen LogP contribution is 2.52. The topological polar surface area (TPSA) is 64.4 Å². The smallest absolute Gasteiger partial charge is 0.311 e. The molecule has 0 fully saturated rings. The summed E-state index contributed by atoms with van der Waals surface area (Å²) in [5.41, 5.74) is 3.36. The lowest BCUT2D eigenvalue weighted by Gasteiger charge is -2.38. The molecule has 5 heteroatoms. The molecule has 0 bridgehead atoms. The molecule has 3 aromatic rings. The monoisotopic (exact) mass is 372 g/mol. The van der Waals surface area contributed by atoms with E-state index in [4.69, 9.17) is 4.74 Å². The van der Waals surface area contributed by atoms with Crippen molar-refractivity contribution in [2.75, 3.05) is 12.4 Å². The van der Waals surface area contributed by atoms with E-state index in [9.17, 15) is 10.1 Å². The Hall–Kier alpha value is -3.34. The summed E-state index contributed by atoms with van der Waals surface area (Å²) in [6, 6.07) is 18.0. The highest BCUT2D eigenvalue weighted by Gasteiger charge is 2.39. The molecule has 0 radical (unpaired) electrons. The lowest BCUT2D eigenvalue weighted by atomic mass is 9.76. The molecule has 1 heterocycles. The third-order valence-electron chi connectivity index (χ3n) is 6.02. The number of hydrogen-bond donors (Lipinski definition) is 1. The minimum Gasteiger partial charge on any atom is -0.490 e. The molecule has 0 saturated carbocycles. The number of hydrogen-bond acceptors (Lipinski definition) is 4. The van der Waals surface area contributed by atoms with E-state index in [0.29, 0.717) is 11.8 Å². The van der Waals surface area contributed by atoms with Gasteiger partial charge in [0.15, 0.2) is 5.75 Å².